The molecule has 0 saturated heterocycles. The van der Waals surface area contributed by atoms with Gasteiger partial charge in [0.1, 0.15) is 12.1 Å². The van der Waals surface area contributed by atoms with E-state index in [-0.39, 0.29) is 25.2 Å². The first kappa shape index (κ1) is 23.7. The van der Waals surface area contributed by atoms with Gasteiger partial charge in [0.05, 0.1) is 0 Å². The quantitative estimate of drug-likeness (QED) is 0.445. The zero-order valence-corrected chi connectivity index (χ0v) is 18.5. The Balaban J connectivity index is 1.70. The van der Waals surface area contributed by atoms with Crippen molar-refractivity contribution >= 4 is 17.7 Å². The minimum absolute atomic E-state index is 0.243. The molecule has 0 bridgehead atoms. The Morgan fingerprint density at radius 1 is 0.788 bits per heavy atom. The Kier molecular flexibility index (Phi) is 8.30. The largest absolute Gasteiger partial charge is 0.368 e. The molecule has 170 valence electrons. The second-order valence-electron chi connectivity index (χ2n) is 7.76. The van der Waals surface area contributed by atoms with Crippen LogP contribution in [-0.4, -0.2) is 34.8 Å². The molecule has 0 saturated carbocycles. The summed E-state index contributed by atoms with van der Waals surface area (Å²) in [4.78, 5) is 41.0. The summed E-state index contributed by atoms with van der Waals surface area (Å²) in [5.41, 5.74) is 9.44. The van der Waals surface area contributed by atoms with E-state index in [4.69, 9.17) is 5.73 Å². The molecule has 0 aliphatic rings. The first-order valence-corrected chi connectivity index (χ1v) is 10.9. The second-order valence-corrected chi connectivity index (χ2v) is 7.76. The number of aromatic nitrogens is 1. The number of rotatable bonds is 10. The van der Waals surface area contributed by atoms with E-state index in [1.165, 1.54) is 0 Å². The normalized spacial score (nSPS) is 12.4. The predicted molar refractivity (Wildman–Crippen MR) is 127 cm³/mol. The SMILES string of the molecule is CCC(=O)NC(Cc1ccncc1)C(=O)NC(Cc1ccc(-c2ccccc2)cc1)C(N)=O. The van der Waals surface area contributed by atoms with Gasteiger partial charge in [0.15, 0.2) is 0 Å². The molecule has 0 radical (unpaired) electrons. The second kappa shape index (κ2) is 11.6. The molecule has 0 aliphatic carbocycles. The first-order chi connectivity index (χ1) is 16.0. The van der Waals surface area contributed by atoms with Crippen LogP contribution in [-0.2, 0) is 27.2 Å². The fraction of sp³-hybridized carbons (Fsp3) is 0.231. The maximum Gasteiger partial charge on any atom is 0.243 e. The van der Waals surface area contributed by atoms with Crippen LogP contribution >= 0.6 is 0 Å². The number of nitrogens with zero attached hydrogens (tertiary/aromatic N) is 1. The molecule has 4 N–H and O–H groups in total. The zero-order valence-electron chi connectivity index (χ0n) is 18.5. The van der Waals surface area contributed by atoms with Crippen molar-refractivity contribution in [3.8, 4) is 11.1 Å². The number of amides is 3. The molecule has 1 heterocycles. The molecule has 0 fully saturated rings. The number of carbonyl (C=O) groups is 3. The van der Waals surface area contributed by atoms with Gasteiger partial charge in [-0.15, -0.1) is 0 Å². The lowest BCUT2D eigenvalue weighted by atomic mass is 10.00. The topological polar surface area (TPSA) is 114 Å². The van der Waals surface area contributed by atoms with E-state index in [1.54, 1.807) is 31.5 Å². The lowest BCUT2D eigenvalue weighted by Gasteiger charge is -2.22. The minimum atomic E-state index is -0.904. The average molecular weight is 445 g/mol. The van der Waals surface area contributed by atoms with E-state index in [1.807, 2.05) is 54.6 Å². The summed E-state index contributed by atoms with van der Waals surface area (Å²) >= 11 is 0. The molecule has 0 aliphatic heterocycles. The van der Waals surface area contributed by atoms with Gasteiger partial charge in [-0.3, -0.25) is 19.4 Å². The summed E-state index contributed by atoms with van der Waals surface area (Å²) in [6.45, 7) is 1.71. The molecule has 1 aromatic heterocycles. The number of nitrogens with one attached hydrogen (secondary N) is 2. The smallest absolute Gasteiger partial charge is 0.243 e. The summed E-state index contributed by atoms with van der Waals surface area (Å²) in [6.07, 6.45) is 4.01. The molecule has 0 spiro atoms. The highest BCUT2D eigenvalue weighted by atomic mass is 16.2. The third kappa shape index (κ3) is 7.00. The molecule has 2 unspecified atom stereocenters. The third-order valence-corrected chi connectivity index (χ3v) is 5.32. The fourth-order valence-electron chi connectivity index (χ4n) is 3.45. The summed E-state index contributed by atoms with van der Waals surface area (Å²) in [6, 6.07) is 19.5. The lowest BCUT2D eigenvalue weighted by Crippen LogP contribution is -2.54. The van der Waals surface area contributed by atoms with Gasteiger partial charge < -0.3 is 16.4 Å². The van der Waals surface area contributed by atoms with Gasteiger partial charge in [0, 0.05) is 31.7 Å². The van der Waals surface area contributed by atoms with Crippen molar-refractivity contribution in [2.75, 3.05) is 0 Å². The van der Waals surface area contributed by atoms with Gasteiger partial charge in [-0.1, -0.05) is 61.5 Å². The molecule has 2 atom stereocenters. The maximum absolute atomic E-state index is 13.0. The van der Waals surface area contributed by atoms with E-state index in [9.17, 15) is 14.4 Å². The van der Waals surface area contributed by atoms with Crippen LogP contribution < -0.4 is 16.4 Å². The van der Waals surface area contributed by atoms with Crippen LogP contribution in [0.5, 0.6) is 0 Å². The summed E-state index contributed by atoms with van der Waals surface area (Å²) in [5, 5.41) is 5.44. The first-order valence-electron chi connectivity index (χ1n) is 10.9. The van der Waals surface area contributed by atoms with Gasteiger partial charge in [-0.05, 0) is 34.4 Å². The predicted octanol–water partition coefficient (Wildman–Crippen LogP) is 2.40. The Morgan fingerprint density at radius 3 is 1.97 bits per heavy atom. The van der Waals surface area contributed by atoms with Crippen molar-refractivity contribution in [2.24, 2.45) is 5.73 Å². The standard InChI is InChI=1S/C26H28N4O3/c1-2-24(31)29-23(17-19-12-14-28-15-13-19)26(33)30-22(25(27)32)16-18-8-10-21(11-9-18)20-6-4-3-5-7-20/h3-15,22-23H,2,16-17H2,1H3,(H2,27,32)(H,29,31)(H,30,33). The summed E-state index contributed by atoms with van der Waals surface area (Å²) < 4.78 is 0. The van der Waals surface area contributed by atoms with Crippen LogP contribution in [0.2, 0.25) is 0 Å². The number of pyridine rings is 1. The summed E-state index contributed by atoms with van der Waals surface area (Å²) in [5.74, 6) is -1.35. The Bertz CT molecular complexity index is 1070. The van der Waals surface area contributed by atoms with Crippen LogP contribution in [0.25, 0.3) is 11.1 Å². The van der Waals surface area contributed by atoms with E-state index in [0.29, 0.717) is 0 Å². The van der Waals surface area contributed by atoms with Gasteiger partial charge in [-0.2, -0.15) is 0 Å². The number of hydrogen-bond acceptors (Lipinski definition) is 4. The van der Waals surface area contributed by atoms with Crippen molar-refractivity contribution in [1.82, 2.24) is 15.6 Å². The van der Waals surface area contributed by atoms with Gasteiger partial charge >= 0.3 is 0 Å². The molecule has 7 heteroatoms. The molecule has 7 nitrogen and oxygen atoms in total. The van der Waals surface area contributed by atoms with Gasteiger partial charge in [0.2, 0.25) is 17.7 Å². The van der Waals surface area contributed by atoms with Crippen LogP contribution in [0.1, 0.15) is 24.5 Å². The maximum atomic E-state index is 13.0. The van der Waals surface area contributed by atoms with Crippen molar-refractivity contribution in [1.29, 1.82) is 0 Å². The van der Waals surface area contributed by atoms with Crippen molar-refractivity contribution in [2.45, 2.75) is 38.3 Å². The zero-order chi connectivity index (χ0) is 23.6. The van der Waals surface area contributed by atoms with E-state index >= 15 is 0 Å². The highest BCUT2D eigenvalue weighted by molar-refractivity contribution is 5.91. The van der Waals surface area contributed by atoms with Crippen molar-refractivity contribution in [3.05, 3.63) is 90.3 Å². The molecule has 33 heavy (non-hydrogen) atoms. The van der Waals surface area contributed by atoms with Crippen LogP contribution in [0, 0.1) is 0 Å². The molecule has 3 amide bonds. The van der Waals surface area contributed by atoms with E-state index in [2.05, 4.69) is 15.6 Å². The molecule has 3 rings (SSSR count). The Hall–Kier alpha value is -4.00. The van der Waals surface area contributed by atoms with Crippen LogP contribution in [0.3, 0.4) is 0 Å². The molecular formula is C26H28N4O3. The highest BCUT2D eigenvalue weighted by Gasteiger charge is 2.26. The van der Waals surface area contributed by atoms with Gasteiger partial charge in [-0.25, -0.2) is 0 Å². The number of carbonyl (C=O) groups excluding carboxylic acids is 3. The fourth-order valence-corrected chi connectivity index (χ4v) is 3.45. The van der Waals surface area contributed by atoms with Crippen molar-refractivity contribution < 1.29 is 14.4 Å². The number of nitrogens with two attached hydrogens (primary N) is 1. The van der Waals surface area contributed by atoms with Crippen LogP contribution in [0.4, 0.5) is 0 Å². The summed E-state index contributed by atoms with van der Waals surface area (Å²) in [7, 11) is 0. The van der Waals surface area contributed by atoms with Crippen LogP contribution in [0.15, 0.2) is 79.1 Å². The minimum Gasteiger partial charge on any atom is -0.368 e. The molecule has 3 aromatic rings. The van der Waals surface area contributed by atoms with Crippen molar-refractivity contribution in [3.63, 3.8) is 0 Å². The monoisotopic (exact) mass is 444 g/mol. The number of benzene rings is 2. The van der Waals surface area contributed by atoms with Gasteiger partial charge in [0.25, 0.3) is 0 Å². The molecule has 2 aromatic carbocycles. The number of hydrogen-bond donors (Lipinski definition) is 3. The Morgan fingerprint density at radius 2 is 1.36 bits per heavy atom. The van der Waals surface area contributed by atoms with E-state index in [0.717, 1.165) is 22.3 Å². The molecular weight excluding hydrogens is 416 g/mol. The average Bonchev–Trinajstić information content (AvgIpc) is 2.84. The Labute approximate surface area is 193 Å². The van der Waals surface area contributed by atoms with E-state index < -0.39 is 23.9 Å². The number of primary amides is 1. The highest BCUT2D eigenvalue weighted by Crippen LogP contribution is 2.19. The third-order valence-electron chi connectivity index (χ3n) is 5.32. The lowest BCUT2D eigenvalue weighted by molar-refractivity contribution is -0.131.